The van der Waals surface area contributed by atoms with Gasteiger partial charge in [0.25, 0.3) is 0 Å². The Balaban J connectivity index is 2.50. The van der Waals surface area contributed by atoms with Crippen molar-refractivity contribution in [1.29, 1.82) is 0 Å². The molecule has 0 saturated heterocycles. The summed E-state index contributed by atoms with van der Waals surface area (Å²) in [4.78, 5) is 27.9. The summed E-state index contributed by atoms with van der Waals surface area (Å²) in [5.74, 6) is -0.280. The van der Waals surface area contributed by atoms with Crippen molar-refractivity contribution in [3.63, 3.8) is 0 Å². The molecule has 0 aliphatic heterocycles. The molecule has 1 aromatic rings. The second-order valence-electron chi connectivity index (χ2n) is 6.84. The molecule has 0 fully saturated rings. The molecule has 0 saturated carbocycles. The van der Waals surface area contributed by atoms with Crippen LogP contribution in [0.5, 0.6) is 0 Å². The van der Waals surface area contributed by atoms with Gasteiger partial charge in [-0.1, -0.05) is 34.6 Å². The Labute approximate surface area is 136 Å². The van der Waals surface area contributed by atoms with E-state index in [4.69, 9.17) is 0 Å². The van der Waals surface area contributed by atoms with Gasteiger partial charge in [0.15, 0.2) is 0 Å². The zero-order chi connectivity index (χ0) is 16.9. The summed E-state index contributed by atoms with van der Waals surface area (Å²) in [5, 5.41) is 8.66. The van der Waals surface area contributed by atoms with E-state index < -0.39 is 6.04 Å². The van der Waals surface area contributed by atoms with Crippen LogP contribution in [0, 0.1) is 5.92 Å². The lowest BCUT2D eigenvalue weighted by molar-refractivity contribution is -0.129. The molecule has 1 rings (SSSR count). The Kier molecular flexibility index (Phi) is 6.53. The molecule has 0 bridgehead atoms. The topological polar surface area (TPSA) is 71.1 Å². The third-order valence-corrected chi connectivity index (χ3v) is 4.17. The summed E-state index contributed by atoms with van der Waals surface area (Å²) in [5.41, 5.74) is 1.13. The van der Waals surface area contributed by atoms with E-state index in [0.29, 0.717) is 13.0 Å². The van der Waals surface area contributed by atoms with E-state index in [-0.39, 0.29) is 23.1 Å². The number of thiazole rings is 1. The van der Waals surface area contributed by atoms with Crippen molar-refractivity contribution in [2.75, 3.05) is 6.54 Å². The van der Waals surface area contributed by atoms with Gasteiger partial charge in [0.1, 0.15) is 6.04 Å². The van der Waals surface area contributed by atoms with Gasteiger partial charge >= 0.3 is 0 Å². The zero-order valence-electron chi connectivity index (χ0n) is 14.3. The molecule has 0 spiro atoms. The maximum Gasteiger partial charge on any atom is 0.242 e. The van der Waals surface area contributed by atoms with Gasteiger partial charge in [0.2, 0.25) is 11.8 Å². The summed E-state index contributed by atoms with van der Waals surface area (Å²) in [7, 11) is 0. The fourth-order valence-electron chi connectivity index (χ4n) is 1.93. The van der Waals surface area contributed by atoms with E-state index >= 15 is 0 Å². The summed E-state index contributed by atoms with van der Waals surface area (Å²) in [6.45, 7) is 12.2. The predicted octanol–water partition coefficient (Wildman–Crippen LogP) is 2.26. The number of amides is 2. The molecular weight excluding hydrogens is 298 g/mol. The number of aromatic nitrogens is 1. The first kappa shape index (κ1) is 18.6. The van der Waals surface area contributed by atoms with Gasteiger partial charge in [0.05, 0.1) is 10.7 Å². The van der Waals surface area contributed by atoms with Crippen molar-refractivity contribution in [2.24, 2.45) is 5.92 Å². The highest BCUT2D eigenvalue weighted by molar-refractivity contribution is 7.09. The average molecular weight is 325 g/mol. The number of hydrogen-bond donors (Lipinski definition) is 2. The van der Waals surface area contributed by atoms with E-state index in [1.165, 1.54) is 6.92 Å². The first-order valence-electron chi connectivity index (χ1n) is 7.61. The molecule has 0 aliphatic carbocycles. The lowest BCUT2D eigenvalue weighted by atomic mass is 9.93. The maximum absolute atomic E-state index is 12.1. The Morgan fingerprint density at radius 3 is 2.41 bits per heavy atom. The molecule has 1 heterocycles. The van der Waals surface area contributed by atoms with E-state index in [2.05, 4.69) is 41.8 Å². The molecule has 0 aliphatic rings. The lowest BCUT2D eigenvalue weighted by Gasteiger charge is -2.20. The summed E-state index contributed by atoms with van der Waals surface area (Å²) in [6.07, 6.45) is 0.706. The standard InChI is InChI=1S/C16H27N3O2S/c1-10(2)14(18-11(3)20)15(21)17-8-7-13-19-12(9-22-13)16(4,5)6/h9-10,14H,7-8H2,1-6H3,(H,17,21)(H,18,20). The van der Waals surface area contributed by atoms with Crippen LogP contribution < -0.4 is 10.6 Å². The minimum Gasteiger partial charge on any atom is -0.354 e. The van der Waals surface area contributed by atoms with Crippen LogP contribution in [0.1, 0.15) is 52.2 Å². The Morgan fingerprint density at radius 2 is 1.95 bits per heavy atom. The first-order valence-corrected chi connectivity index (χ1v) is 8.49. The first-order chi connectivity index (χ1) is 10.1. The number of nitrogens with one attached hydrogen (secondary N) is 2. The summed E-state index contributed by atoms with van der Waals surface area (Å²) >= 11 is 1.62. The van der Waals surface area contributed by atoms with E-state index in [9.17, 15) is 9.59 Å². The van der Waals surface area contributed by atoms with Crippen molar-refractivity contribution < 1.29 is 9.59 Å². The minimum absolute atomic E-state index is 0.0478. The fourth-order valence-corrected chi connectivity index (χ4v) is 2.95. The Bertz CT molecular complexity index is 518. The maximum atomic E-state index is 12.1. The van der Waals surface area contributed by atoms with Crippen molar-refractivity contribution in [3.8, 4) is 0 Å². The van der Waals surface area contributed by atoms with Gasteiger partial charge in [-0.05, 0) is 5.92 Å². The van der Waals surface area contributed by atoms with Crippen molar-refractivity contribution in [2.45, 2.75) is 59.4 Å². The van der Waals surface area contributed by atoms with Gasteiger partial charge < -0.3 is 10.6 Å². The average Bonchev–Trinajstić information content (AvgIpc) is 2.84. The smallest absolute Gasteiger partial charge is 0.242 e. The zero-order valence-corrected chi connectivity index (χ0v) is 15.1. The monoisotopic (exact) mass is 325 g/mol. The molecular formula is C16H27N3O2S. The van der Waals surface area contributed by atoms with Gasteiger partial charge in [0, 0.05) is 30.7 Å². The highest BCUT2D eigenvalue weighted by Crippen LogP contribution is 2.23. The van der Waals surface area contributed by atoms with Crippen molar-refractivity contribution in [3.05, 3.63) is 16.1 Å². The molecule has 1 unspecified atom stereocenters. The molecule has 0 aromatic carbocycles. The number of nitrogens with zero attached hydrogens (tertiary/aromatic N) is 1. The van der Waals surface area contributed by atoms with E-state index in [0.717, 1.165) is 10.7 Å². The highest BCUT2D eigenvalue weighted by Gasteiger charge is 2.22. The van der Waals surface area contributed by atoms with Crippen molar-refractivity contribution in [1.82, 2.24) is 15.6 Å². The van der Waals surface area contributed by atoms with E-state index in [1.807, 2.05) is 13.8 Å². The van der Waals surface area contributed by atoms with Gasteiger partial charge in [-0.25, -0.2) is 4.98 Å². The van der Waals surface area contributed by atoms with Crippen LogP contribution in [0.25, 0.3) is 0 Å². The van der Waals surface area contributed by atoms with Gasteiger partial charge in [-0.15, -0.1) is 11.3 Å². The minimum atomic E-state index is -0.487. The van der Waals surface area contributed by atoms with Crippen LogP contribution >= 0.6 is 11.3 Å². The lowest BCUT2D eigenvalue weighted by Crippen LogP contribution is -2.49. The number of rotatable bonds is 6. The number of carbonyl (C=O) groups is 2. The summed E-state index contributed by atoms with van der Waals surface area (Å²) in [6, 6.07) is -0.487. The quantitative estimate of drug-likeness (QED) is 0.843. The second-order valence-corrected chi connectivity index (χ2v) is 7.78. The highest BCUT2D eigenvalue weighted by atomic mass is 32.1. The number of hydrogen-bond acceptors (Lipinski definition) is 4. The molecule has 0 radical (unpaired) electrons. The molecule has 2 amide bonds. The molecule has 2 N–H and O–H groups in total. The normalized spacial score (nSPS) is 13.0. The molecule has 124 valence electrons. The third kappa shape index (κ3) is 5.75. The molecule has 1 atom stereocenters. The SMILES string of the molecule is CC(=O)NC(C(=O)NCCc1nc(C(C)(C)C)cs1)C(C)C. The Hall–Kier alpha value is -1.43. The molecule has 22 heavy (non-hydrogen) atoms. The fraction of sp³-hybridized carbons (Fsp3) is 0.688. The molecule has 6 heteroatoms. The predicted molar refractivity (Wildman–Crippen MR) is 90.0 cm³/mol. The summed E-state index contributed by atoms with van der Waals surface area (Å²) < 4.78 is 0. The van der Waals surface area contributed by atoms with Gasteiger partial charge in [-0.2, -0.15) is 0 Å². The van der Waals surface area contributed by atoms with Crippen LogP contribution in [0.2, 0.25) is 0 Å². The number of carbonyl (C=O) groups excluding carboxylic acids is 2. The van der Waals surface area contributed by atoms with Crippen LogP contribution in [-0.2, 0) is 21.4 Å². The van der Waals surface area contributed by atoms with Crippen LogP contribution in [0.3, 0.4) is 0 Å². The van der Waals surface area contributed by atoms with Gasteiger partial charge in [-0.3, -0.25) is 9.59 Å². The molecule has 5 nitrogen and oxygen atoms in total. The molecule has 1 aromatic heterocycles. The van der Waals surface area contributed by atoms with Crippen molar-refractivity contribution >= 4 is 23.2 Å². The van der Waals surface area contributed by atoms with Crippen LogP contribution in [0.4, 0.5) is 0 Å². The van der Waals surface area contributed by atoms with Crippen LogP contribution in [-0.4, -0.2) is 29.4 Å². The third-order valence-electron chi connectivity index (χ3n) is 3.27. The largest absolute Gasteiger partial charge is 0.354 e. The Morgan fingerprint density at radius 1 is 1.32 bits per heavy atom. The second kappa shape index (κ2) is 7.72. The van der Waals surface area contributed by atoms with Crippen LogP contribution in [0.15, 0.2) is 5.38 Å². The van der Waals surface area contributed by atoms with E-state index in [1.54, 1.807) is 11.3 Å².